The lowest BCUT2D eigenvalue weighted by Gasteiger charge is -2.38. The number of H-pyrrole nitrogens is 1. The largest absolute Gasteiger partial charge is 0.364 e. The fraction of sp³-hybridized carbons (Fsp3) is 0.241. The average molecular weight is 557 g/mol. The molecule has 0 unspecified atom stereocenters. The quantitative estimate of drug-likeness (QED) is 0.270. The molecule has 10 nitrogen and oxygen atoms in total. The molecule has 0 aliphatic carbocycles. The summed E-state index contributed by atoms with van der Waals surface area (Å²) in [6.45, 7) is 0.214. The Morgan fingerprint density at radius 3 is 2.59 bits per heavy atom. The Hall–Kier alpha value is -4.68. The van der Waals surface area contributed by atoms with Gasteiger partial charge in [-0.2, -0.15) is 5.10 Å². The summed E-state index contributed by atoms with van der Waals surface area (Å²) in [6, 6.07) is 15.4. The van der Waals surface area contributed by atoms with Crippen molar-refractivity contribution < 1.29 is 18.3 Å². The van der Waals surface area contributed by atoms with Crippen LogP contribution in [0.5, 0.6) is 0 Å². The third kappa shape index (κ3) is 4.60. The monoisotopic (exact) mass is 556 g/mol. The lowest BCUT2D eigenvalue weighted by atomic mass is 10.1. The molecule has 0 atom stereocenters. The number of ether oxygens (including phenoxy) is 1. The number of nitrogens with zero attached hydrogens (tertiary/aromatic N) is 5. The van der Waals surface area contributed by atoms with Crippen LogP contribution in [0.25, 0.3) is 33.4 Å². The molecule has 3 aromatic heterocycles. The van der Waals surface area contributed by atoms with E-state index in [0.717, 1.165) is 49.4 Å². The maximum atomic E-state index is 13.4. The second-order valence-electron chi connectivity index (χ2n) is 10.3. The molecule has 0 saturated carbocycles. The van der Waals surface area contributed by atoms with Crippen LogP contribution < -0.4 is 10.6 Å². The van der Waals surface area contributed by atoms with Gasteiger partial charge in [0.1, 0.15) is 18.2 Å². The highest BCUT2D eigenvalue weighted by Gasteiger charge is 2.47. The number of aromatic nitrogens is 5. The molecular formula is C29H26F2N8O2. The topological polar surface area (TPSA) is 113 Å². The van der Waals surface area contributed by atoms with E-state index < -0.39 is 24.9 Å². The molecule has 5 aromatic rings. The van der Waals surface area contributed by atoms with E-state index in [0.29, 0.717) is 30.4 Å². The number of amides is 1. The average Bonchev–Trinajstić information content (AvgIpc) is 3.72. The summed E-state index contributed by atoms with van der Waals surface area (Å²) in [5, 5.41) is 14.4. The zero-order valence-electron chi connectivity index (χ0n) is 22.1. The molecule has 41 heavy (non-hydrogen) atoms. The molecule has 1 amide bonds. The molecule has 1 fully saturated rings. The number of fused-ring (bicyclic) bond motifs is 2. The molecule has 7 rings (SSSR count). The van der Waals surface area contributed by atoms with E-state index in [1.54, 1.807) is 16.8 Å². The van der Waals surface area contributed by atoms with Crippen LogP contribution in [0, 0.1) is 0 Å². The molecule has 2 aliphatic rings. The van der Waals surface area contributed by atoms with Crippen molar-refractivity contribution >= 4 is 28.3 Å². The number of hydrogen-bond donors (Lipinski definition) is 3. The number of methoxy groups -OCH3 is 1. The zero-order valence-corrected chi connectivity index (χ0v) is 22.1. The number of rotatable bonds is 7. The number of benzene rings is 2. The predicted molar refractivity (Wildman–Crippen MR) is 149 cm³/mol. The van der Waals surface area contributed by atoms with Crippen LogP contribution in [0.1, 0.15) is 21.7 Å². The number of carbonyl (C=O) groups excluding carboxylic acids is 1. The van der Waals surface area contributed by atoms with Crippen LogP contribution in [0.2, 0.25) is 0 Å². The molecule has 12 heteroatoms. The number of halogens is 2. The van der Waals surface area contributed by atoms with Gasteiger partial charge in [-0.1, -0.05) is 24.3 Å². The highest BCUT2D eigenvalue weighted by Crippen LogP contribution is 2.33. The minimum absolute atomic E-state index is 0.0921. The number of alkyl halides is 2. The lowest BCUT2D eigenvalue weighted by molar-refractivity contribution is -0.113. The summed E-state index contributed by atoms with van der Waals surface area (Å²) in [7, 11) is 1.53. The molecule has 2 aromatic carbocycles. The van der Waals surface area contributed by atoms with E-state index in [2.05, 4.69) is 20.8 Å². The van der Waals surface area contributed by atoms with E-state index in [4.69, 9.17) is 14.7 Å². The summed E-state index contributed by atoms with van der Waals surface area (Å²) in [5.74, 6) is -2.04. The van der Waals surface area contributed by atoms with E-state index in [1.165, 1.54) is 7.11 Å². The van der Waals surface area contributed by atoms with E-state index in [-0.39, 0.29) is 6.73 Å². The first-order valence-electron chi connectivity index (χ1n) is 13.1. The Labute approximate surface area is 233 Å². The number of aromatic amines is 1. The van der Waals surface area contributed by atoms with E-state index in [9.17, 15) is 13.6 Å². The second-order valence-corrected chi connectivity index (χ2v) is 10.3. The van der Waals surface area contributed by atoms with Gasteiger partial charge in [0.25, 0.3) is 11.8 Å². The summed E-state index contributed by atoms with van der Waals surface area (Å²) in [5.41, 5.74) is 6.65. The number of hydrogen-bond acceptors (Lipinski definition) is 7. The summed E-state index contributed by atoms with van der Waals surface area (Å²) in [4.78, 5) is 23.9. The highest BCUT2D eigenvalue weighted by atomic mass is 19.3. The second kappa shape index (κ2) is 9.75. The van der Waals surface area contributed by atoms with Crippen molar-refractivity contribution in [2.75, 3.05) is 25.5 Å². The molecule has 0 bridgehead atoms. The Morgan fingerprint density at radius 2 is 1.85 bits per heavy atom. The fourth-order valence-electron chi connectivity index (χ4n) is 5.35. The maximum Gasteiger partial charge on any atom is 0.282 e. The molecule has 5 heterocycles. The first-order chi connectivity index (χ1) is 19.9. The molecule has 2 aliphatic heterocycles. The predicted octanol–water partition coefficient (Wildman–Crippen LogP) is 4.53. The van der Waals surface area contributed by atoms with E-state index in [1.807, 2.05) is 48.7 Å². The minimum Gasteiger partial charge on any atom is -0.364 e. The van der Waals surface area contributed by atoms with Crippen LogP contribution in [-0.4, -0.2) is 61.7 Å². The lowest BCUT2D eigenvalue weighted by Crippen LogP contribution is -2.58. The maximum absolute atomic E-state index is 13.4. The Balaban J connectivity index is 1.23. The standard InChI is InChI=1S/C29H26F2N8O2/c1-41-16-39-24-9-19(3-2-18(24)8-25(39)28(40)38-14-29(30,31)15-38)26-36-23-13-32-12-22(23)27(37-26)35-21-6-4-17(5-7-21)20-10-33-34-11-20/h2-11,32H,12-16H2,1H3,(H,33,34)(H,35,36,37). The number of anilines is 2. The normalized spacial score (nSPS) is 15.6. The van der Waals surface area contributed by atoms with Crippen molar-refractivity contribution in [1.29, 1.82) is 0 Å². The van der Waals surface area contributed by atoms with Gasteiger partial charge in [-0.25, -0.2) is 18.7 Å². The third-order valence-corrected chi connectivity index (χ3v) is 7.44. The van der Waals surface area contributed by atoms with Crippen LogP contribution in [0.3, 0.4) is 0 Å². The van der Waals surface area contributed by atoms with Gasteiger partial charge in [-0.05, 0) is 29.8 Å². The highest BCUT2D eigenvalue weighted by molar-refractivity contribution is 6.00. The van der Waals surface area contributed by atoms with Gasteiger partial charge in [-0.3, -0.25) is 9.89 Å². The van der Waals surface area contributed by atoms with Crippen molar-refractivity contribution in [1.82, 2.24) is 34.9 Å². The first kappa shape index (κ1) is 25.3. The van der Waals surface area contributed by atoms with E-state index >= 15 is 0 Å². The van der Waals surface area contributed by atoms with Gasteiger partial charge >= 0.3 is 0 Å². The third-order valence-electron chi connectivity index (χ3n) is 7.44. The summed E-state index contributed by atoms with van der Waals surface area (Å²) >= 11 is 0. The van der Waals surface area contributed by atoms with Crippen LogP contribution in [-0.2, 0) is 24.6 Å². The van der Waals surface area contributed by atoms with Gasteiger partial charge < -0.3 is 24.8 Å². The van der Waals surface area contributed by atoms with Gasteiger partial charge in [0.05, 0.1) is 30.5 Å². The van der Waals surface area contributed by atoms with Gasteiger partial charge in [0.15, 0.2) is 5.82 Å². The Kier molecular flexibility index (Phi) is 6.02. The number of likely N-dealkylation sites (tertiary alicyclic amines) is 1. The van der Waals surface area contributed by atoms with Crippen molar-refractivity contribution in [3.8, 4) is 22.5 Å². The van der Waals surface area contributed by atoms with Crippen molar-refractivity contribution in [2.24, 2.45) is 0 Å². The molecular weight excluding hydrogens is 530 g/mol. The molecule has 0 spiro atoms. The first-order valence-corrected chi connectivity index (χ1v) is 13.1. The smallest absolute Gasteiger partial charge is 0.282 e. The zero-order chi connectivity index (χ0) is 28.1. The number of nitrogens with one attached hydrogen (secondary N) is 3. The Bertz CT molecular complexity index is 1760. The van der Waals surface area contributed by atoms with Gasteiger partial charge in [0, 0.05) is 54.2 Å². The van der Waals surface area contributed by atoms with Crippen LogP contribution in [0.4, 0.5) is 20.3 Å². The van der Waals surface area contributed by atoms with Crippen LogP contribution >= 0.6 is 0 Å². The molecule has 208 valence electrons. The molecule has 0 radical (unpaired) electrons. The van der Waals surface area contributed by atoms with Crippen molar-refractivity contribution in [2.45, 2.75) is 25.7 Å². The van der Waals surface area contributed by atoms with Gasteiger partial charge in [0.2, 0.25) is 0 Å². The minimum atomic E-state index is -2.84. The number of carbonyl (C=O) groups is 1. The SMILES string of the molecule is COCn1c(C(=O)N2CC(F)(F)C2)cc2ccc(-c3nc4c(c(Nc5ccc(-c6cn[nH]c6)cc5)n3)CNC4)cc21. The summed E-state index contributed by atoms with van der Waals surface area (Å²) in [6.07, 6.45) is 3.62. The molecule has 1 saturated heterocycles. The Morgan fingerprint density at radius 1 is 1.05 bits per heavy atom. The van der Waals surface area contributed by atoms with Crippen LogP contribution in [0.15, 0.2) is 60.9 Å². The summed E-state index contributed by atoms with van der Waals surface area (Å²) < 4.78 is 34.0. The fourth-order valence-corrected chi connectivity index (χ4v) is 5.35. The van der Waals surface area contributed by atoms with Crippen molar-refractivity contribution in [3.05, 3.63) is 77.9 Å². The van der Waals surface area contributed by atoms with Crippen molar-refractivity contribution in [3.63, 3.8) is 0 Å². The molecule has 3 N–H and O–H groups in total. The van der Waals surface area contributed by atoms with Gasteiger partial charge in [-0.15, -0.1) is 0 Å².